The second-order valence-corrected chi connectivity index (χ2v) is 4.35. The van der Waals surface area contributed by atoms with Gasteiger partial charge in [-0.3, -0.25) is 0 Å². The Kier molecular flexibility index (Phi) is 4.33. The maximum absolute atomic E-state index is 5.76. The van der Waals surface area contributed by atoms with Crippen molar-refractivity contribution in [3.63, 3.8) is 0 Å². The molecule has 1 unspecified atom stereocenters. The van der Waals surface area contributed by atoms with Crippen LogP contribution in [0.5, 0.6) is 6.01 Å². The number of piperidine rings is 1. The van der Waals surface area contributed by atoms with Crippen LogP contribution in [0.1, 0.15) is 12.8 Å². The quantitative estimate of drug-likeness (QED) is 0.837. The molecule has 1 saturated heterocycles. The summed E-state index contributed by atoms with van der Waals surface area (Å²) in [6.45, 7) is 2.97. The molecule has 2 heterocycles. The van der Waals surface area contributed by atoms with E-state index < -0.39 is 0 Å². The van der Waals surface area contributed by atoms with Crippen molar-refractivity contribution < 1.29 is 4.74 Å². The van der Waals surface area contributed by atoms with Gasteiger partial charge in [0, 0.05) is 6.54 Å². The van der Waals surface area contributed by atoms with Crippen LogP contribution in [0.4, 0.5) is 5.95 Å². The predicted molar refractivity (Wildman–Crippen MR) is 65.5 cm³/mol. The van der Waals surface area contributed by atoms with Crippen LogP contribution < -0.4 is 15.4 Å². The van der Waals surface area contributed by atoms with Crippen LogP contribution in [0.25, 0.3) is 0 Å². The van der Waals surface area contributed by atoms with E-state index in [0.29, 0.717) is 11.9 Å². The second-order valence-electron chi connectivity index (χ2n) is 4.01. The molecule has 94 valence electrons. The number of hydrogen-bond acceptors (Lipinski definition) is 6. The molecule has 17 heavy (non-hydrogen) atoms. The van der Waals surface area contributed by atoms with Crippen molar-refractivity contribution in [3.05, 3.63) is 5.28 Å². The molecule has 1 aliphatic rings. The number of aromatic nitrogens is 3. The lowest BCUT2D eigenvalue weighted by atomic mass is 10.00. The van der Waals surface area contributed by atoms with Crippen LogP contribution in [-0.4, -0.2) is 41.7 Å². The molecule has 2 rings (SSSR count). The van der Waals surface area contributed by atoms with Crippen molar-refractivity contribution in [2.45, 2.75) is 12.8 Å². The van der Waals surface area contributed by atoms with E-state index in [2.05, 4.69) is 25.6 Å². The van der Waals surface area contributed by atoms with Gasteiger partial charge in [-0.2, -0.15) is 15.0 Å². The van der Waals surface area contributed by atoms with Gasteiger partial charge in [0.15, 0.2) is 0 Å². The Morgan fingerprint density at radius 2 is 2.35 bits per heavy atom. The average molecular weight is 258 g/mol. The Labute approximate surface area is 105 Å². The molecule has 0 aliphatic carbocycles. The van der Waals surface area contributed by atoms with E-state index in [4.69, 9.17) is 16.3 Å². The summed E-state index contributed by atoms with van der Waals surface area (Å²) in [5.74, 6) is 1.07. The molecule has 1 aromatic heterocycles. The highest BCUT2D eigenvalue weighted by atomic mass is 35.5. The van der Waals surface area contributed by atoms with Gasteiger partial charge in [0.25, 0.3) is 0 Å². The summed E-state index contributed by atoms with van der Waals surface area (Å²) in [5, 5.41) is 6.66. The Balaban J connectivity index is 1.91. The molecule has 7 heteroatoms. The first-order valence-electron chi connectivity index (χ1n) is 5.68. The highest BCUT2D eigenvalue weighted by Crippen LogP contribution is 2.13. The van der Waals surface area contributed by atoms with E-state index in [0.717, 1.165) is 19.6 Å². The Morgan fingerprint density at radius 1 is 1.47 bits per heavy atom. The van der Waals surface area contributed by atoms with Gasteiger partial charge in [-0.15, -0.1) is 0 Å². The third kappa shape index (κ3) is 3.67. The minimum atomic E-state index is 0.140. The molecule has 1 fully saturated rings. The minimum Gasteiger partial charge on any atom is -0.467 e. The smallest absolute Gasteiger partial charge is 0.322 e. The topological polar surface area (TPSA) is 72.0 Å². The lowest BCUT2D eigenvalue weighted by Gasteiger charge is -2.22. The zero-order valence-electron chi connectivity index (χ0n) is 9.74. The summed E-state index contributed by atoms with van der Waals surface area (Å²) in [6, 6.07) is 0.231. The maximum atomic E-state index is 5.76. The van der Waals surface area contributed by atoms with Crippen LogP contribution in [0.3, 0.4) is 0 Å². The van der Waals surface area contributed by atoms with Gasteiger partial charge in [0.05, 0.1) is 7.11 Å². The lowest BCUT2D eigenvalue weighted by Crippen LogP contribution is -2.33. The zero-order chi connectivity index (χ0) is 12.1. The summed E-state index contributed by atoms with van der Waals surface area (Å²) in [6.07, 6.45) is 2.43. The van der Waals surface area contributed by atoms with Gasteiger partial charge < -0.3 is 15.4 Å². The van der Waals surface area contributed by atoms with Crippen molar-refractivity contribution in [2.75, 3.05) is 32.1 Å². The Bertz CT molecular complexity index is 370. The standard InChI is InChI=1S/C10H16ClN5O/c1-17-10-15-8(11)14-9(16-10)13-6-7-3-2-4-12-5-7/h7,12H,2-6H2,1H3,(H,13,14,15,16). The van der Waals surface area contributed by atoms with Crippen LogP contribution >= 0.6 is 11.6 Å². The summed E-state index contributed by atoms with van der Waals surface area (Å²) < 4.78 is 4.93. The largest absolute Gasteiger partial charge is 0.467 e. The summed E-state index contributed by atoms with van der Waals surface area (Å²) >= 11 is 5.76. The van der Waals surface area contributed by atoms with E-state index in [-0.39, 0.29) is 11.3 Å². The second kappa shape index (κ2) is 5.97. The molecule has 0 saturated carbocycles. The van der Waals surface area contributed by atoms with Gasteiger partial charge >= 0.3 is 6.01 Å². The van der Waals surface area contributed by atoms with E-state index in [1.54, 1.807) is 0 Å². The number of halogens is 1. The molecular weight excluding hydrogens is 242 g/mol. The van der Waals surface area contributed by atoms with Crippen molar-refractivity contribution >= 4 is 17.5 Å². The number of ether oxygens (including phenoxy) is 1. The molecule has 1 aliphatic heterocycles. The molecule has 0 amide bonds. The molecule has 1 atom stereocenters. The maximum Gasteiger partial charge on any atom is 0.322 e. The van der Waals surface area contributed by atoms with E-state index in [9.17, 15) is 0 Å². The normalized spacial score (nSPS) is 20.0. The predicted octanol–water partition coefficient (Wildman–Crippen LogP) is 0.945. The third-order valence-electron chi connectivity index (χ3n) is 2.72. The Morgan fingerprint density at radius 3 is 3.06 bits per heavy atom. The highest BCUT2D eigenvalue weighted by Gasteiger charge is 2.13. The molecule has 0 spiro atoms. The van der Waals surface area contributed by atoms with Crippen molar-refractivity contribution in [1.29, 1.82) is 0 Å². The molecule has 1 aromatic rings. The molecule has 6 nitrogen and oxygen atoms in total. The average Bonchev–Trinajstić information content (AvgIpc) is 2.37. The Hall–Kier alpha value is -1.14. The van der Waals surface area contributed by atoms with Crippen LogP contribution in [-0.2, 0) is 0 Å². The number of nitrogens with one attached hydrogen (secondary N) is 2. The zero-order valence-corrected chi connectivity index (χ0v) is 10.5. The van der Waals surface area contributed by atoms with E-state index >= 15 is 0 Å². The fraction of sp³-hybridized carbons (Fsp3) is 0.700. The molecule has 0 bridgehead atoms. The van der Waals surface area contributed by atoms with Gasteiger partial charge in [0.2, 0.25) is 11.2 Å². The number of nitrogens with zero attached hydrogens (tertiary/aromatic N) is 3. The van der Waals surface area contributed by atoms with Crippen molar-refractivity contribution in [1.82, 2.24) is 20.3 Å². The first kappa shape index (κ1) is 12.3. The van der Waals surface area contributed by atoms with Crippen molar-refractivity contribution in [3.8, 4) is 6.01 Å². The number of hydrogen-bond donors (Lipinski definition) is 2. The number of anilines is 1. The highest BCUT2D eigenvalue weighted by molar-refractivity contribution is 6.28. The lowest BCUT2D eigenvalue weighted by molar-refractivity contribution is 0.377. The van der Waals surface area contributed by atoms with Crippen LogP contribution in [0.15, 0.2) is 0 Å². The van der Waals surface area contributed by atoms with Crippen molar-refractivity contribution in [2.24, 2.45) is 5.92 Å². The molecular formula is C10H16ClN5O. The first-order chi connectivity index (χ1) is 8.28. The molecule has 0 radical (unpaired) electrons. The number of methoxy groups -OCH3 is 1. The summed E-state index contributed by atoms with van der Waals surface area (Å²) in [5.41, 5.74) is 0. The SMILES string of the molecule is COc1nc(Cl)nc(NCC2CCCNC2)n1. The fourth-order valence-electron chi connectivity index (χ4n) is 1.84. The van der Waals surface area contributed by atoms with Crippen LogP contribution in [0.2, 0.25) is 5.28 Å². The number of rotatable bonds is 4. The summed E-state index contributed by atoms with van der Waals surface area (Å²) in [4.78, 5) is 11.9. The van der Waals surface area contributed by atoms with Gasteiger partial charge in [-0.25, -0.2) is 0 Å². The molecule has 0 aromatic carbocycles. The van der Waals surface area contributed by atoms with Gasteiger partial charge in [0.1, 0.15) is 0 Å². The van der Waals surface area contributed by atoms with E-state index in [1.165, 1.54) is 20.0 Å². The first-order valence-corrected chi connectivity index (χ1v) is 6.06. The van der Waals surface area contributed by atoms with Gasteiger partial charge in [-0.1, -0.05) is 0 Å². The van der Waals surface area contributed by atoms with Gasteiger partial charge in [-0.05, 0) is 43.5 Å². The van der Waals surface area contributed by atoms with Crippen LogP contribution in [0, 0.1) is 5.92 Å². The summed E-state index contributed by atoms with van der Waals surface area (Å²) in [7, 11) is 1.50. The van der Waals surface area contributed by atoms with E-state index in [1.807, 2.05) is 0 Å². The third-order valence-corrected chi connectivity index (χ3v) is 2.89. The monoisotopic (exact) mass is 257 g/mol. The minimum absolute atomic E-state index is 0.140. The molecule has 2 N–H and O–H groups in total. The fourth-order valence-corrected chi connectivity index (χ4v) is 1.99.